The van der Waals surface area contributed by atoms with Crippen LogP contribution in [0.15, 0.2) is 29.3 Å². The van der Waals surface area contributed by atoms with Crippen LogP contribution in [0.25, 0.3) is 0 Å². The van der Waals surface area contributed by atoms with Crippen molar-refractivity contribution < 1.29 is 4.74 Å². The van der Waals surface area contributed by atoms with Crippen molar-refractivity contribution in [2.75, 3.05) is 60.0 Å². The van der Waals surface area contributed by atoms with Gasteiger partial charge >= 0.3 is 0 Å². The highest BCUT2D eigenvalue weighted by Gasteiger charge is 2.12. The molecule has 0 radical (unpaired) electrons. The number of hydrogen-bond acceptors (Lipinski definition) is 4. The maximum Gasteiger partial charge on any atom is 0.191 e. The Morgan fingerprint density at radius 1 is 1.07 bits per heavy atom. The molecular formula is C21H37N5O. The maximum atomic E-state index is 5.08. The number of ether oxygens (including phenoxy) is 1. The van der Waals surface area contributed by atoms with E-state index in [-0.39, 0.29) is 0 Å². The lowest BCUT2D eigenvalue weighted by molar-refractivity contribution is 0.195. The summed E-state index contributed by atoms with van der Waals surface area (Å²) in [6.45, 7) is 11.0. The average Bonchev–Trinajstić information content (AvgIpc) is 2.88. The van der Waals surface area contributed by atoms with Gasteiger partial charge in [-0.3, -0.25) is 4.90 Å². The first-order valence-electron chi connectivity index (χ1n) is 10.2. The Kier molecular flexibility index (Phi) is 10.2. The molecule has 1 aromatic rings. The number of likely N-dealkylation sites (N-methyl/N-ethyl adjacent to an activating group) is 1. The van der Waals surface area contributed by atoms with Crippen LogP contribution in [-0.2, 0) is 17.8 Å². The number of aliphatic imine (C=N–C) groups is 1. The van der Waals surface area contributed by atoms with Gasteiger partial charge in [0.25, 0.3) is 0 Å². The minimum atomic E-state index is 0.689. The predicted octanol–water partition coefficient (Wildman–Crippen LogP) is 1.92. The smallest absolute Gasteiger partial charge is 0.191 e. The molecule has 6 nitrogen and oxygen atoms in total. The molecule has 1 fully saturated rings. The van der Waals surface area contributed by atoms with E-state index >= 15 is 0 Å². The number of guanidine groups is 1. The van der Waals surface area contributed by atoms with E-state index in [2.05, 4.69) is 63.7 Å². The molecule has 1 aliphatic heterocycles. The molecule has 0 aromatic heterocycles. The van der Waals surface area contributed by atoms with Gasteiger partial charge in [-0.05, 0) is 51.0 Å². The van der Waals surface area contributed by atoms with Crippen LogP contribution in [0.1, 0.15) is 30.9 Å². The zero-order valence-electron chi connectivity index (χ0n) is 17.3. The van der Waals surface area contributed by atoms with Gasteiger partial charge in [-0.2, -0.15) is 0 Å². The summed E-state index contributed by atoms with van der Waals surface area (Å²) in [5.41, 5.74) is 2.63. The molecule has 1 saturated heterocycles. The van der Waals surface area contributed by atoms with Crippen LogP contribution in [0.5, 0.6) is 0 Å². The van der Waals surface area contributed by atoms with Crippen LogP contribution in [0, 0.1) is 0 Å². The quantitative estimate of drug-likeness (QED) is 0.392. The zero-order valence-corrected chi connectivity index (χ0v) is 17.3. The summed E-state index contributed by atoms with van der Waals surface area (Å²) in [5.74, 6) is 0.867. The third-order valence-corrected chi connectivity index (χ3v) is 4.82. The highest BCUT2D eigenvalue weighted by Crippen LogP contribution is 2.10. The second-order valence-electron chi connectivity index (χ2n) is 7.22. The van der Waals surface area contributed by atoms with Gasteiger partial charge in [-0.15, -0.1) is 0 Å². The molecule has 0 saturated carbocycles. The molecule has 1 heterocycles. The summed E-state index contributed by atoms with van der Waals surface area (Å²) in [6.07, 6.45) is 2.23. The van der Waals surface area contributed by atoms with E-state index in [0.717, 1.165) is 51.7 Å². The molecule has 0 amide bonds. The molecule has 2 rings (SSSR count). The first-order chi connectivity index (χ1) is 13.2. The van der Waals surface area contributed by atoms with Crippen molar-refractivity contribution in [3.63, 3.8) is 0 Å². The highest BCUT2D eigenvalue weighted by molar-refractivity contribution is 5.79. The van der Waals surface area contributed by atoms with E-state index in [9.17, 15) is 0 Å². The topological polar surface area (TPSA) is 52.1 Å². The number of hydrogen-bond donors (Lipinski definition) is 2. The Morgan fingerprint density at radius 3 is 2.59 bits per heavy atom. The summed E-state index contributed by atoms with van der Waals surface area (Å²) < 4.78 is 5.08. The van der Waals surface area contributed by atoms with Gasteiger partial charge in [0.1, 0.15) is 0 Å². The number of rotatable bonds is 9. The molecule has 2 N–H and O–H groups in total. The molecule has 0 atom stereocenters. The fraction of sp³-hybridized carbons (Fsp3) is 0.667. The summed E-state index contributed by atoms with van der Waals surface area (Å²) in [6, 6.07) is 8.91. The van der Waals surface area contributed by atoms with Gasteiger partial charge in [0.05, 0.1) is 6.54 Å². The lowest BCUT2D eigenvalue weighted by atomic mass is 10.1. The monoisotopic (exact) mass is 375 g/mol. The number of nitrogens with zero attached hydrogens (tertiary/aromatic N) is 3. The summed E-state index contributed by atoms with van der Waals surface area (Å²) in [4.78, 5) is 9.67. The van der Waals surface area contributed by atoms with E-state index in [1.807, 2.05) is 0 Å². The van der Waals surface area contributed by atoms with Gasteiger partial charge < -0.3 is 20.3 Å². The third-order valence-electron chi connectivity index (χ3n) is 4.82. The van der Waals surface area contributed by atoms with Crippen molar-refractivity contribution in [2.45, 2.75) is 32.9 Å². The molecule has 6 heteroatoms. The summed E-state index contributed by atoms with van der Waals surface area (Å²) in [7, 11) is 3.95. The number of nitrogens with one attached hydrogen (secondary N) is 2. The van der Waals surface area contributed by atoms with E-state index in [1.54, 1.807) is 7.11 Å². The SMILES string of the molecule is CCNC(=NCc1ccc(CN2CCCN(C)CC2)cc1)NCCCOC. The first kappa shape index (κ1) is 21.7. The Balaban J connectivity index is 1.82. The third kappa shape index (κ3) is 8.73. The second-order valence-corrected chi connectivity index (χ2v) is 7.22. The summed E-state index contributed by atoms with van der Waals surface area (Å²) >= 11 is 0. The molecule has 152 valence electrons. The van der Waals surface area contributed by atoms with Crippen molar-refractivity contribution in [1.82, 2.24) is 20.4 Å². The van der Waals surface area contributed by atoms with Crippen LogP contribution in [0.3, 0.4) is 0 Å². The number of benzene rings is 1. The van der Waals surface area contributed by atoms with Gasteiger partial charge in [0.15, 0.2) is 5.96 Å². The Hall–Kier alpha value is -1.63. The summed E-state index contributed by atoms with van der Waals surface area (Å²) in [5, 5.41) is 6.64. The second kappa shape index (κ2) is 12.7. The van der Waals surface area contributed by atoms with Crippen LogP contribution in [-0.4, -0.2) is 75.8 Å². The Bertz CT molecular complexity index is 546. The molecule has 27 heavy (non-hydrogen) atoms. The van der Waals surface area contributed by atoms with E-state index in [0.29, 0.717) is 6.54 Å². The fourth-order valence-electron chi connectivity index (χ4n) is 3.20. The fourth-order valence-corrected chi connectivity index (χ4v) is 3.20. The van der Waals surface area contributed by atoms with Gasteiger partial charge in [-0.1, -0.05) is 24.3 Å². The van der Waals surface area contributed by atoms with Crippen molar-refractivity contribution in [2.24, 2.45) is 4.99 Å². The van der Waals surface area contributed by atoms with E-state index in [4.69, 9.17) is 4.74 Å². The Morgan fingerprint density at radius 2 is 1.85 bits per heavy atom. The van der Waals surface area contributed by atoms with Crippen LogP contribution in [0.2, 0.25) is 0 Å². The molecular weight excluding hydrogens is 338 g/mol. The predicted molar refractivity (Wildman–Crippen MR) is 113 cm³/mol. The van der Waals surface area contributed by atoms with Crippen LogP contribution < -0.4 is 10.6 Å². The van der Waals surface area contributed by atoms with Crippen molar-refractivity contribution in [1.29, 1.82) is 0 Å². The highest BCUT2D eigenvalue weighted by atomic mass is 16.5. The molecule has 1 aliphatic rings. The minimum Gasteiger partial charge on any atom is -0.385 e. The largest absolute Gasteiger partial charge is 0.385 e. The van der Waals surface area contributed by atoms with Crippen molar-refractivity contribution in [3.05, 3.63) is 35.4 Å². The van der Waals surface area contributed by atoms with Gasteiger partial charge in [0.2, 0.25) is 0 Å². The van der Waals surface area contributed by atoms with E-state index in [1.165, 1.54) is 30.6 Å². The molecule has 1 aromatic carbocycles. The lowest BCUT2D eigenvalue weighted by Gasteiger charge is -2.20. The Labute approximate surface area is 165 Å². The lowest BCUT2D eigenvalue weighted by Crippen LogP contribution is -2.38. The number of methoxy groups -OCH3 is 1. The molecule has 0 spiro atoms. The van der Waals surface area contributed by atoms with Crippen molar-refractivity contribution >= 4 is 5.96 Å². The molecule has 0 aliphatic carbocycles. The minimum absolute atomic E-state index is 0.689. The first-order valence-corrected chi connectivity index (χ1v) is 10.2. The molecule has 0 unspecified atom stereocenters. The normalized spacial score (nSPS) is 16.9. The molecule has 0 bridgehead atoms. The standard InChI is InChI=1S/C21H37N5O/c1-4-22-21(23-11-5-16-27-3)24-17-19-7-9-20(10-8-19)18-26-13-6-12-25(2)14-15-26/h7-10H,4-6,11-18H2,1-3H3,(H2,22,23,24). The van der Waals surface area contributed by atoms with Crippen molar-refractivity contribution in [3.8, 4) is 0 Å². The van der Waals surface area contributed by atoms with Gasteiger partial charge in [0, 0.05) is 46.4 Å². The maximum absolute atomic E-state index is 5.08. The van der Waals surface area contributed by atoms with E-state index < -0.39 is 0 Å². The van der Waals surface area contributed by atoms with Crippen LogP contribution >= 0.6 is 0 Å². The van der Waals surface area contributed by atoms with Crippen LogP contribution in [0.4, 0.5) is 0 Å². The zero-order chi connectivity index (χ0) is 19.3. The van der Waals surface area contributed by atoms with Gasteiger partial charge in [-0.25, -0.2) is 4.99 Å². The average molecular weight is 376 g/mol.